The Balaban J connectivity index is 1.62. The van der Waals surface area contributed by atoms with Crippen LogP contribution in [-0.4, -0.2) is 56.0 Å². The molecule has 126 valence electrons. The lowest BCUT2D eigenvalue weighted by Crippen LogP contribution is -2.35. The fourth-order valence-corrected chi connectivity index (χ4v) is 5.49. The fraction of sp³-hybridized carbons (Fsp3) is 0.500. The maximum absolute atomic E-state index is 12.4. The van der Waals surface area contributed by atoms with Gasteiger partial charge in [0, 0.05) is 25.5 Å². The number of ether oxygens (including phenoxy) is 1. The lowest BCUT2D eigenvalue weighted by Gasteiger charge is -2.25. The molecule has 0 atom stereocenters. The number of thiophene rings is 1. The molecule has 9 heteroatoms. The number of hydrogen-bond acceptors (Lipinski definition) is 7. The summed E-state index contributed by atoms with van der Waals surface area (Å²) in [4.78, 5) is 6.88. The molecule has 1 aliphatic rings. The highest BCUT2D eigenvalue weighted by molar-refractivity contribution is 7.91. The Morgan fingerprint density at radius 3 is 2.83 bits per heavy atom. The molecule has 1 saturated heterocycles. The summed E-state index contributed by atoms with van der Waals surface area (Å²) in [5.74, 6) is 0. The van der Waals surface area contributed by atoms with Crippen LogP contribution in [0.5, 0.6) is 0 Å². The van der Waals surface area contributed by atoms with Gasteiger partial charge in [0.2, 0.25) is 0 Å². The second kappa shape index (κ2) is 7.37. The van der Waals surface area contributed by atoms with Crippen LogP contribution in [0.1, 0.15) is 10.7 Å². The number of sulfonamides is 1. The molecule has 0 saturated carbocycles. The second-order valence-corrected chi connectivity index (χ2v) is 9.48. The molecule has 0 spiro atoms. The van der Waals surface area contributed by atoms with Gasteiger partial charge in [-0.2, -0.15) is 4.31 Å². The first kappa shape index (κ1) is 17.0. The third-order valence-electron chi connectivity index (χ3n) is 3.61. The number of thiazole rings is 1. The average molecular weight is 374 g/mol. The van der Waals surface area contributed by atoms with Gasteiger partial charge in [-0.05, 0) is 11.4 Å². The summed E-state index contributed by atoms with van der Waals surface area (Å²) in [7, 11) is -1.83. The van der Waals surface area contributed by atoms with Crippen LogP contribution < -0.4 is 0 Å². The summed E-state index contributed by atoms with van der Waals surface area (Å²) in [5.41, 5.74) is 0.792. The summed E-state index contributed by atoms with van der Waals surface area (Å²) in [6.07, 6.45) is 0. The van der Waals surface area contributed by atoms with E-state index in [9.17, 15) is 8.42 Å². The zero-order valence-corrected chi connectivity index (χ0v) is 15.3. The molecule has 2 aromatic heterocycles. The normalized spacial score (nSPS) is 17.0. The van der Waals surface area contributed by atoms with Gasteiger partial charge in [-0.25, -0.2) is 13.4 Å². The lowest BCUT2D eigenvalue weighted by molar-refractivity contribution is 0.0341. The molecule has 0 aromatic carbocycles. The van der Waals surface area contributed by atoms with Crippen LogP contribution in [0.2, 0.25) is 0 Å². The van der Waals surface area contributed by atoms with Crippen LogP contribution in [0.4, 0.5) is 0 Å². The summed E-state index contributed by atoms with van der Waals surface area (Å²) < 4.78 is 31.9. The highest BCUT2D eigenvalue weighted by atomic mass is 32.2. The van der Waals surface area contributed by atoms with E-state index in [0.717, 1.165) is 43.5 Å². The van der Waals surface area contributed by atoms with Gasteiger partial charge in [-0.3, -0.25) is 4.90 Å². The molecular formula is C14H19N3O3S3. The topological polar surface area (TPSA) is 62.7 Å². The van der Waals surface area contributed by atoms with E-state index in [1.54, 1.807) is 35.9 Å². The van der Waals surface area contributed by atoms with E-state index in [-0.39, 0.29) is 0 Å². The SMILES string of the molecule is CN(Cc1csc(CN2CCOCC2)n1)S(=O)(=O)c1cccs1. The third-order valence-corrected chi connectivity index (χ3v) is 7.66. The van der Waals surface area contributed by atoms with E-state index < -0.39 is 10.0 Å². The van der Waals surface area contributed by atoms with Crippen molar-refractivity contribution in [2.75, 3.05) is 33.4 Å². The van der Waals surface area contributed by atoms with Gasteiger partial charge in [-0.1, -0.05) is 6.07 Å². The second-order valence-electron chi connectivity index (χ2n) is 5.31. The van der Waals surface area contributed by atoms with Crippen molar-refractivity contribution in [1.29, 1.82) is 0 Å². The Bertz CT molecular complexity index is 722. The molecule has 2 aromatic rings. The Labute approximate surface area is 144 Å². The minimum absolute atomic E-state index is 0.292. The number of aromatic nitrogens is 1. The predicted octanol–water partition coefficient (Wildman–Crippen LogP) is 1.86. The smallest absolute Gasteiger partial charge is 0.252 e. The van der Waals surface area contributed by atoms with Gasteiger partial charge in [0.1, 0.15) is 9.22 Å². The zero-order valence-electron chi connectivity index (χ0n) is 12.8. The molecule has 23 heavy (non-hydrogen) atoms. The number of morpholine rings is 1. The van der Waals surface area contributed by atoms with Crippen molar-refractivity contribution in [3.8, 4) is 0 Å². The standard InChI is InChI=1S/C14H19N3O3S3/c1-16(23(18,19)14-3-2-8-21-14)9-12-11-22-13(15-12)10-17-4-6-20-7-5-17/h2-3,8,11H,4-7,9-10H2,1H3. The Morgan fingerprint density at radius 2 is 2.13 bits per heavy atom. The number of hydrogen-bond donors (Lipinski definition) is 0. The monoisotopic (exact) mass is 373 g/mol. The first-order valence-electron chi connectivity index (χ1n) is 7.29. The van der Waals surface area contributed by atoms with E-state index in [0.29, 0.717) is 10.8 Å². The first-order valence-corrected chi connectivity index (χ1v) is 10.5. The Morgan fingerprint density at radius 1 is 1.35 bits per heavy atom. The molecule has 1 fully saturated rings. The molecule has 0 aliphatic carbocycles. The van der Waals surface area contributed by atoms with Gasteiger partial charge in [-0.15, -0.1) is 22.7 Å². The van der Waals surface area contributed by atoms with Crippen molar-refractivity contribution in [3.63, 3.8) is 0 Å². The quantitative estimate of drug-likeness (QED) is 0.773. The van der Waals surface area contributed by atoms with E-state index in [2.05, 4.69) is 9.88 Å². The molecule has 3 heterocycles. The molecule has 6 nitrogen and oxygen atoms in total. The predicted molar refractivity (Wildman–Crippen MR) is 91.2 cm³/mol. The summed E-state index contributed by atoms with van der Waals surface area (Å²) in [5, 5.41) is 4.73. The van der Waals surface area contributed by atoms with Gasteiger partial charge in [0.05, 0.1) is 32.0 Å². The van der Waals surface area contributed by atoms with Crippen molar-refractivity contribution in [1.82, 2.24) is 14.2 Å². The van der Waals surface area contributed by atoms with Gasteiger partial charge in [0.25, 0.3) is 10.0 Å². The Kier molecular flexibility index (Phi) is 5.45. The van der Waals surface area contributed by atoms with E-state index in [1.165, 1.54) is 15.6 Å². The van der Waals surface area contributed by atoms with Crippen LogP contribution in [0, 0.1) is 0 Å². The van der Waals surface area contributed by atoms with Crippen molar-refractivity contribution >= 4 is 32.7 Å². The maximum Gasteiger partial charge on any atom is 0.252 e. The fourth-order valence-electron chi connectivity index (χ4n) is 2.32. The van der Waals surface area contributed by atoms with Crippen LogP contribution in [-0.2, 0) is 27.8 Å². The van der Waals surface area contributed by atoms with Crippen molar-refractivity contribution in [3.05, 3.63) is 33.6 Å². The molecule has 3 rings (SSSR count). The van der Waals surface area contributed by atoms with E-state index >= 15 is 0 Å². The highest BCUT2D eigenvalue weighted by Crippen LogP contribution is 2.22. The average Bonchev–Trinajstić information content (AvgIpc) is 3.20. The van der Waals surface area contributed by atoms with E-state index in [1.807, 2.05) is 5.38 Å². The summed E-state index contributed by atoms with van der Waals surface area (Å²) >= 11 is 2.81. The first-order chi connectivity index (χ1) is 11.1. The third kappa shape index (κ3) is 4.17. The van der Waals surface area contributed by atoms with Crippen LogP contribution >= 0.6 is 22.7 Å². The van der Waals surface area contributed by atoms with Crippen LogP contribution in [0.25, 0.3) is 0 Å². The number of nitrogens with zero attached hydrogens (tertiary/aromatic N) is 3. The molecule has 0 amide bonds. The van der Waals surface area contributed by atoms with Gasteiger partial charge < -0.3 is 4.74 Å². The van der Waals surface area contributed by atoms with Crippen molar-refractivity contribution in [2.45, 2.75) is 17.3 Å². The highest BCUT2D eigenvalue weighted by Gasteiger charge is 2.23. The molecule has 0 radical (unpaired) electrons. The largest absolute Gasteiger partial charge is 0.379 e. The van der Waals surface area contributed by atoms with Crippen LogP contribution in [0.3, 0.4) is 0 Å². The molecule has 0 unspecified atom stereocenters. The van der Waals surface area contributed by atoms with Gasteiger partial charge >= 0.3 is 0 Å². The maximum atomic E-state index is 12.4. The van der Waals surface area contributed by atoms with Gasteiger partial charge in [0.15, 0.2) is 0 Å². The minimum atomic E-state index is -3.42. The van der Waals surface area contributed by atoms with Crippen molar-refractivity contribution < 1.29 is 13.2 Å². The van der Waals surface area contributed by atoms with Crippen LogP contribution in [0.15, 0.2) is 27.1 Å². The number of rotatable bonds is 6. The summed E-state index contributed by atoms with van der Waals surface area (Å²) in [6, 6.07) is 3.37. The van der Waals surface area contributed by atoms with E-state index in [4.69, 9.17) is 4.74 Å². The zero-order chi connectivity index (χ0) is 16.3. The minimum Gasteiger partial charge on any atom is -0.379 e. The molecule has 0 N–H and O–H groups in total. The van der Waals surface area contributed by atoms with Crippen molar-refractivity contribution in [2.24, 2.45) is 0 Å². The lowest BCUT2D eigenvalue weighted by atomic mass is 10.4. The molecule has 0 bridgehead atoms. The molecule has 1 aliphatic heterocycles. The summed E-state index contributed by atoms with van der Waals surface area (Å²) in [6.45, 7) is 4.46. The Hall–Kier alpha value is -0.840. The molecular weight excluding hydrogens is 354 g/mol.